The number of ether oxygens (including phenoxy) is 1. The van der Waals surface area contributed by atoms with Gasteiger partial charge >= 0.3 is 0 Å². The van der Waals surface area contributed by atoms with Crippen LogP contribution in [-0.2, 0) is 4.79 Å². The van der Waals surface area contributed by atoms with Crippen LogP contribution in [0.1, 0.15) is 38.3 Å². The summed E-state index contributed by atoms with van der Waals surface area (Å²) in [6, 6.07) is 8.01. The van der Waals surface area contributed by atoms with E-state index >= 15 is 0 Å². The average molecular weight is 262 g/mol. The summed E-state index contributed by atoms with van der Waals surface area (Å²) in [4.78, 5) is 11.9. The average Bonchev–Trinajstić information content (AvgIpc) is 2.45. The molecule has 0 spiro atoms. The summed E-state index contributed by atoms with van der Waals surface area (Å²) >= 11 is 0. The summed E-state index contributed by atoms with van der Waals surface area (Å²) < 4.78 is 5.62. The van der Waals surface area contributed by atoms with Gasteiger partial charge in [0.25, 0.3) is 0 Å². The van der Waals surface area contributed by atoms with Gasteiger partial charge in [-0.1, -0.05) is 25.1 Å². The lowest BCUT2D eigenvalue weighted by atomic mass is 10.00. The quantitative estimate of drug-likeness (QED) is 0.853. The van der Waals surface area contributed by atoms with Crippen molar-refractivity contribution in [2.75, 3.05) is 13.2 Å². The molecule has 4 nitrogen and oxygen atoms in total. The predicted molar refractivity (Wildman–Crippen MR) is 75.2 cm³/mol. The number of nitrogens with one attached hydrogen (secondary N) is 2. The summed E-state index contributed by atoms with van der Waals surface area (Å²) in [7, 11) is 0. The van der Waals surface area contributed by atoms with Crippen molar-refractivity contribution in [1.82, 2.24) is 10.6 Å². The molecule has 0 fully saturated rings. The molecular formula is C15H22N2O2. The second-order valence-electron chi connectivity index (χ2n) is 4.91. The SMILES string of the molecule is CCCNC(=O)C(C)NC1CCOc2ccccc21. The molecule has 4 heteroatoms. The molecule has 0 saturated heterocycles. The van der Waals surface area contributed by atoms with Crippen molar-refractivity contribution >= 4 is 5.91 Å². The van der Waals surface area contributed by atoms with E-state index < -0.39 is 0 Å². The lowest BCUT2D eigenvalue weighted by molar-refractivity contribution is -0.123. The molecule has 1 aliphatic rings. The first-order valence-corrected chi connectivity index (χ1v) is 6.98. The number of hydrogen-bond acceptors (Lipinski definition) is 3. The smallest absolute Gasteiger partial charge is 0.236 e. The van der Waals surface area contributed by atoms with Gasteiger partial charge in [-0.25, -0.2) is 0 Å². The van der Waals surface area contributed by atoms with Gasteiger partial charge in [0, 0.05) is 24.6 Å². The number of rotatable bonds is 5. The largest absolute Gasteiger partial charge is 0.493 e. The maximum atomic E-state index is 11.9. The third-order valence-corrected chi connectivity index (χ3v) is 3.35. The van der Waals surface area contributed by atoms with Crippen molar-refractivity contribution in [3.05, 3.63) is 29.8 Å². The molecule has 1 aromatic carbocycles. The molecule has 19 heavy (non-hydrogen) atoms. The molecule has 2 atom stereocenters. The Hall–Kier alpha value is -1.55. The Labute approximate surface area is 114 Å². The Morgan fingerprint density at radius 2 is 2.26 bits per heavy atom. The van der Waals surface area contributed by atoms with Crippen molar-refractivity contribution in [1.29, 1.82) is 0 Å². The van der Waals surface area contributed by atoms with Crippen molar-refractivity contribution in [3.63, 3.8) is 0 Å². The number of carbonyl (C=O) groups excluding carboxylic acids is 1. The molecule has 0 bridgehead atoms. The highest BCUT2D eigenvalue weighted by Crippen LogP contribution is 2.31. The number of carbonyl (C=O) groups is 1. The van der Waals surface area contributed by atoms with E-state index in [9.17, 15) is 4.79 Å². The monoisotopic (exact) mass is 262 g/mol. The highest BCUT2D eigenvalue weighted by Gasteiger charge is 2.24. The van der Waals surface area contributed by atoms with Crippen LogP contribution in [0.15, 0.2) is 24.3 Å². The predicted octanol–water partition coefficient (Wildman–Crippen LogP) is 2.01. The third kappa shape index (κ3) is 3.47. The van der Waals surface area contributed by atoms with Crippen LogP contribution in [0.2, 0.25) is 0 Å². The fourth-order valence-electron chi connectivity index (χ4n) is 2.29. The molecule has 1 aromatic rings. The van der Waals surface area contributed by atoms with Gasteiger partial charge in [0.15, 0.2) is 0 Å². The minimum atomic E-state index is -0.192. The van der Waals surface area contributed by atoms with Crippen LogP contribution in [0, 0.1) is 0 Å². The van der Waals surface area contributed by atoms with E-state index in [-0.39, 0.29) is 18.0 Å². The molecule has 0 saturated carbocycles. The van der Waals surface area contributed by atoms with Gasteiger partial charge in [0.1, 0.15) is 5.75 Å². The summed E-state index contributed by atoms with van der Waals surface area (Å²) in [5.41, 5.74) is 1.14. The zero-order valence-corrected chi connectivity index (χ0v) is 11.6. The van der Waals surface area contributed by atoms with Crippen LogP contribution in [-0.4, -0.2) is 25.1 Å². The molecule has 104 valence electrons. The highest BCUT2D eigenvalue weighted by atomic mass is 16.5. The lowest BCUT2D eigenvalue weighted by Gasteiger charge is -2.29. The van der Waals surface area contributed by atoms with E-state index in [0.717, 1.165) is 30.7 Å². The van der Waals surface area contributed by atoms with E-state index in [1.165, 1.54) is 0 Å². The number of para-hydroxylation sites is 1. The van der Waals surface area contributed by atoms with Crippen molar-refractivity contribution in [2.45, 2.75) is 38.8 Å². The molecule has 0 radical (unpaired) electrons. The van der Waals surface area contributed by atoms with E-state index in [1.54, 1.807) is 0 Å². The molecule has 2 unspecified atom stereocenters. The van der Waals surface area contributed by atoms with E-state index in [1.807, 2.05) is 32.0 Å². The van der Waals surface area contributed by atoms with Crippen LogP contribution in [0.4, 0.5) is 0 Å². The Morgan fingerprint density at radius 3 is 3.05 bits per heavy atom. The Morgan fingerprint density at radius 1 is 1.47 bits per heavy atom. The van der Waals surface area contributed by atoms with E-state index in [4.69, 9.17) is 4.74 Å². The van der Waals surface area contributed by atoms with Crippen molar-refractivity contribution < 1.29 is 9.53 Å². The molecule has 2 N–H and O–H groups in total. The Kier molecular flexibility index (Phi) is 4.80. The van der Waals surface area contributed by atoms with Crippen molar-refractivity contribution in [2.24, 2.45) is 0 Å². The third-order valence-electron chi connectivity index (χ3n) is 3.35. The van der Waals surface area contributed by atoms with Gasteiger partial charge in [0.2, 0.25) is 5.91 Å². The van der Waals surface area contributed by atoms with Crippen LogP contribution >= 0.6 is 0 Å². The van der Waals surface area contributed by atoms with E-state index in [0.29, 0.717) is 6.61 Å². The highest BCUT2D eigenvalue weighted by molar-refractivity contribution is 5.81. The summed E-state index contributed by atoms with van der Waals surface area (Å²) in [5, 5.41) is 6.30. The molecular weight excluding hydrogens is 240 g/mol. The summed E-state index contributed by atoms with van der Waals surface area (Å²) in [5.74, 6) is 0.984. The first-order valence-electron chi connectivity index (χ1n) is 6.98. The maximum Gasteiger partial charge on any atom is 0.236 e. The molecule has 1 amide bonds. The van der Waals surface area contributed by atoms with Crippen LogP contribution in [0.3, 0.4) is 0 Å². The van der Waals surface area contributed by atoms with E-state index in [2.05, 4.69) is 16.7 Å². The first kappa shape index (κ1) is 13.9. The van der Waals surface area contributed by atoms with Gasteiger partial charge in [-0.05, 0) is 19.4 Å². The second kappa shape index (κ2) is 6.57. The second-order valence-corrected chi connectivity index (χ2v) is 4.91. The van der Waals surface area contributed by atoms with Crippen LogP contribution in [0.5, 0.6) is 5.75 Å². The molecule has 0 aliphatic carbocycles. The molecule has 2 rings (SSSR count). The normalized spacial score (nSPS) is 19.2. The van der Waals surface area contributed by atoms with Gasteiger partial charge in [-0.2, -0.15) is 0 Å². The van der Waals surface area contributed by atoms with Crippen LogP contribution in [0.25, 0.3) is 0 Å². The number of fused-ring (bicyclic) bond motifs is 1. The Balaban J connectivity index is 1.98. The van der Waals surface area contributed by atoms with Crippen molar-refractivity contribution in [3.8, 4) is 5.75 Å². The zero-order valence-electron chi connectivity index (χ0n) is 11.6. The maximum absolute atomic E-state index is 11.9. The Bertz CT molecular complexity index is 434. The standard InChI is InChI=1S/C15H22N2O2/c1-3-9-16-15(18)11(2)17-13-8-10-19-14-7-5-4-6-12(13)14/h4-7,11,13,17H,3,8-10H2,1-2H3,(H,16,18). The lowest BCUT2D eigenvalue weighted by Crippen LogP contribution is -2.44. The van der Waals surface area contributed by atoms with Crippen LogP contribution < -0.4 is 15.4 Å². The summed E-state index contributed by atoms with van der Waals surface area (Å²) in [6.45, 7) is 5.38. The number of amides is 1. The van der Waals surface area contributed by atoms with Gasteiger partial charge in [-0.3, -0.25) is 10.1 Å². The molecule has 1 heterocycles. The number of benzene rings is 1. The zero-order chi connectivity index (χ0) is 13.7. The fourth-order valence-corrected chi connectivity index (χ4v) is 2.29. The first-order chi connectivity index (χ1) is 9.22. The molecule has 0 aromatic heterocycles. The van der Waals surface area contributed by atoms with Gasteiger partial charge in [0.05, 0.1) is 12.6 Å². The van der Waals surface area contributed by atoms with Gasteiger partial charge < -0.3 is 10.1 Å². The minimum absolute atomic E-state index is 0.0609. The number of hydrogen-bond donors (Lipinski definition) is 2. The van der Waals surface area contributed by atoms with Gasteiger partial charge in [-0.15, -0.1) is 0 Å². The topological polar surface area (TPSA) is 50.4 Å². The minimum Gasteiger partial charge on any atom is -0.493 e. The summed E-state index contributed by atoms with van der Waals surface area (Å²) in [6.07, 6.45) is 1.85. The molecule has 1 aliphatic heterocycles. The fraction of sp³-hybridized carbons (Fsp3) is 0.533.